The van der Waals surface area contributed by atoms with Crippen molar-refractivity contribution in [3.8, 4) is 11.1 Å². The van der Waals surface area contributed by atoms with Crippen LogP contribution >= 0.6 is 11.6 Å². The minimum atomic E-state index is -0.616. The van der Waals surface area contributed by atoms with Crippen molar-refractivity contribution in [3.63, 3.8) is 0 Å². The zero-order valence-electron chi connectivity index (χ0n) is 18.7. The van der Waals surface area contributed by atoms with E-state index in [9.17, 15) is 9.59 Å². The van der Waals surface area contributed by atoms with Crippen LogP contribution in [0.15, 0.2) is 48.5 Å². The van der Waals surface area contributed by atoms with E-state index in [0.717, 1.165) is 29.5 Å². The second kappa shape index (κ2) is 11.8. The number of nitrogens with one attached hydrogen (secondary N) is 1. The summed E-state index contributed by atoms with van der Waals surface area (Å²) in [4.78, 5) is 24.5. The highest BCUT2D eigenvalue weighted by molar-refractivity contribution is 6.30. The average Bonchev–Trinajstić information content (AvgIpc) is 2.67. The van der Waals surface area contributed by atoms with Gasteiger partial charge in [0.25, 0.3) is 0 Å². The Bertz CT molecular complexity index is 859. The van der Waals surface area contributed by atoms with E-state index in [2.05, 4.69) is 5.32 Å². The van der Waals surface area contributed by atoms with Crippen LogP contribution < -0.4 is 5.32 Å². The first-order valence-electron chi connectivity index (χ1n) is 10.7. The molecule has 0 spiro atoms. The van der Waals surface area contributed by atoms with Crippen LogP contribution in [0.4, 0.5) is 4.79 Å². The third-order valence-electron chi connectivity index (χ3n) is 4.49. The zero-order chi connectivity index (χ0) is 22.9. The number of rotatable bonds is 9. The highest BCUT2D eigenvalue weighted by atomic mass is 35.5. The predicted octanol–water partition coefficient (Wildman–Crippen LogP) is 6.18. The Labute approximate surface area is 190 Å². The van der Waals surface area contributed by atoms with Crippen molar-refractivity contribution in [1.29, 1.82) is 0 Å². The molecule has 0 aliphatic heterocycles. The molecule has 0 heterocycles. The summed E-state index contributed by atoms with van der Waals surface area (Å²) in [6, 6.07) is 15.2. The lowest BCUT2D eigenvalue weighted by molar-refractivity contribution is -0.144. The van der Waals surface area contributed by atoms with E-state index in [1.807, 2.05) is 55.5 Å². The normalized spacial score (nSPS) is 12.2. The second-order valence-corrected chi connectivity index (χ2v) is 8.97. The van der Waals surface area contributed by atoms with Crippen LogP contribution in [-0.2, 0) is 20.7 Å². The van der Waals surface area contributed by atoms with E-state index in [1.165, 1.54) is 0 Å². The van der Waals surface area contributed by atoms with Gasteiger partial charge in [-0.2, -0.15) is 0 Å². The largest absolute Gasteiger partial charge is 0.466 e. The average molecular weight is 446 g/mol. The third kappa shape index (κ3) is 9.43. The number of halogens is 1. The van der Waals surface area contributed by atoms with Crippen LogP contribution in [0, 0.1) is 0 Å². The molecule has 31 heavy (non-hydrogen) atoms. The van der Waals surface area contributed by atoms with Gasteiger partial charge in [-0.1, -0.05) is 61.3 Å². The monoisotopic (exact) mass is 445 g/mol. The fourth-order valence-corrected chi connectivity index (χ4v) is 3.22. The Balaban J connectivity index is 2.07. The Morgan fingerprint density at radius 3 is 2.39 bits per heavy atom. The smallest absolute Gasteiger partial charge is 0.407 e. The fraction of sp³-hybridized carbons (Fsp3) is 0.440. The van der Waals surface area contributed by atoms with E-state index in [-0.39, 0.29) is 12.4 Å². The molecule has 1 unspecified atom stereocenters. The summed E-state index contributed by atoms with van der Waals surface area (Å²) in [5.74, 6) is -0.329. The Morgan fingerprint density at radius 1 is 1.06 bits per heavy atom. The summed E-state index contributed by atoms with van der Waals surface area (Å²) >= 11 is 6.09. The summed E-state index contributed by atoms with van der Waals surface area (Å²) in [7, 11) is 0. The zero-order valence-corrected chi connectivity index (χ0v) is 19.5. The van der Waals surface area contributed by atoms with Crippen molar-refractivity contribution in [2.24, 2.45) is 0 Å². The number of esters is 1. The molecule has 2 rings (SSSR count). The van der Waals surface area contributed by atoms with Gasteiger partial charge in [0.05, 0.1) is 13.0 Å². The van der Waals surface area contributed by atoms with Crippen LogP contribution in [0.25, 0.3) is 11.1 Å². The van der Waals surface area contributed by atoms with Crippen LogP contribution in [0.5, 0.6) is 0 Å². The first kappa shape index (κ1) is 24.7. The Kier molecular flexibility index (Phi) is 9.38. The molecule has 1 N–H and O–H groups in total. The molecule has 168 valence electrons. The number of alkyl carbamates (subject to hydrolysis) is 1. The number of carbonyl (C=O) groups is 2. The number of hydrogen-bond donors (Lipinski definition) is 1. The molecule has 2 aromatic rings. The number of ether oxygens (including phenoxy) is 2. The van der Waals surface area contributed by atoms with Gasteiger partial charge >= 0.3 is 12.1 Å². The standard InChI is InChI=1S/C25H32ClNO4/c1-5-6-14-30-23(28)17-22(27-24(29)31-25(2,3)4)15-18-10-12-19(13-11-18)20-8-7-9-21(26)16-20/h7-13,16,22H,5-6,14-15,17H2,1-4H3,(H,27,29). The van der Waals surface area contributed by atoms with Gasteiger partial charge in [-0.3, -0.25) is 4.79 Å². The second-order valence-electron chi connectivity index (χ2n) is 8.53. The maximum atomic E-state index is 12.3. The first-order valence-corrected chi connectivity index (χ1v) is 11.0. The highest BCUT2D eigenvalue weighted by Crippen LogP contribution is 2.23. The Morgan fingerprint density at radius 2 is 1.77 bits per heavy atom. The van der Waals surface area contributed by atoms with Gasteiger partial charge in [-0.25, -0.2) is 4.79 Å². The lowest BCUT2D eigenvalue weighted by atomic mass is 9.99. The van der Waals surface area contributed by atoms with Crippen molar-refractivity contribution in [3.05, 3.63) is 59.1 Å². The van der Waals surface area contributed by atoms with Crippen molar-refractivity contribution in [2.45, 2.75) is 65.0 Å². The number of hydrogen-bond acceptors (Lipinski definition) is 4. The highest BCUT2D eigenvalue weighted by Gasteiger charge is 2.22. The van der Waals surface area contributed by atoms with E-state index < -0.39 is 17.7 Å². The minimum Gasteiger partial charge on any atom is -0.466 e. The minimum absolute atomic E-state index is 0.0823. The molecule has 0 fully saturated rings. The molecule has 0 radical (unpaired) electrons. The van der Waals surface area contributed by atoms with Crippen molar-refractivity contribution in [1.82, 2.24) is 5.32 Å². The molecule has 1 amide bonds. The van der Waals surface area contributed by atoms with Gasteiger partial charge in [0.2, 0.25) is 0 Å². The van der Waals surface area contributed by atoms with Gasteiger partial charge in [-0.15, -0.1) is 0 Å². The molecular weight excluding hydrogens is 414 g/mol. The number of benzene rings is 2. The lowest BCUT2D eigenvalue weighted by Crippen LogP contribution is -2.41. The topological polar surface area (TPSA) is 64.6 Å². The van der Waals surface area contributed by atoms with E-state index in [0.29, 0.717) is 18.1 Å². The summed E-state index contributed by atoms with van der Waals surface area (Å²) < 4.78 is 10.6. The fourth-order valence-electron chi connectivity index (χ4n) is 3.02. The Hall–Kier alpha value is -2.53. The van der Waals surface area contributed by atoms with Crippen LogP contribution in [-0.4, -0.2) is 30.3 Å². The molecule has 0 saturated heterocycles. The third-order valence-corrected chi connectivity index (χ3v) is 4.72. The number of carbonyl (C=O) groups excluding carboxylic acids is 2. The predicted molar refractivity (Wildman–Crippen MR) is 124 cm³/mol. The van der Waals surface area contributed by atoms with Crippen LogP contribution in [0.3, 0.4) is 0 Å². The molecule has 6 heteroatoms. The van der Waals surface area contributed by atoms with Crippen LogP contribution in [0.1, 0.15) is 52.5 Å². The van der Waals surface area contributed by atoms with Gasteiger partial charge < -0.3 is 14.8 Å². The summed E-state index contributed by atoms with van der Waals surface area (Å²) in [5, 5.41) is 3.50. The molecule has 0 bridgehead atoms. The number of unbranched alkanes of at least 4 members (excludes halogenated alkanes) is 1. The van der Waals surface area contributed by atoms with Gasteiger partial charge in [0.15, 0.2) is 0 Å². The van der Waals surface area contributed by atoms with Crippen molar-refractivity contribution < 1.29 is 19.1 Å². The van der Waals surface area contributed by atoms with Gasteiger partial charge in [0, 0.05) is 11.1 Å². The lowest BCUT2D eigenvalue weighted by Gasteiger charge is -2.23. The number of amides is 1. The van der Waals surface area contributed by atoms with Crippen molar-refractivity contribution in [2.75, 3.05) is 6.61 Å². The maximum Gasteiger partial charge on any atom is 0.407 e. The molecule has 2 aromatic carbocycles. The van der Waals surface area contributed by atoms with E-state index in [4.69, 9.17) is 21.1 Å². The van der Waals surface area contributed by atoms with Crippen molar-refractivity contribution >= 4 is 23.7 Å². The summed E-state index contributed by atoms with van der Waals surface area (Å²) in [6.07, 6.45) is 1.79. The SMILES string of the molecule is CCCCOC(=O)CC(Cc1ccc(-c2cccc(Cl)c2)cc1)NC(=O)OC(C)(C)C. The molecule has 0 aliphatic rings. The maximum absolute atomic E-state index is 12.3. The molecule has 0 aromatic heterocycles. The molecule has 0 aliphatic carbocycles. The summed E-state index contributed by atoms with van der Waals surface area (Å²) in [6.45, 7) is 7.83. The molecular formula is C25H32ClNO4. The molecule has 0 saturated carbocycles. The first-order chi connectivity index (χ1) is 14.7. The van der Waals surface area contributed by atoms with Crippen LogP contribution in [0.2, 0.25) is 5.02 Å². The quantitative estimate of drug-likeness (QED) is 0.370. The summed E-state index contributed by atoms with van der Waals surface area (Å²) in [5.41, 5.74) is 2.45. The molecule has 5 nitrogen and oxygen atoms in total. The van der Waals surface area contributed by atoms with E-state index >= 15 is 0 Å². The van der Waals surface area contributed by atoms with Gasteiger partial charge in [-0.05, 0) is 62.4 Å². The van der Waals surface area contributed by atoms with Gasteiger partial charge in [0.1, 0.15) is 5.60 Å². The van der Waals surface area contributed by atoms with E-state index in [1.54, 1.807) is 20.8 Å². The molecule has 1 atom stereocenters.